The topological polar surface area (TPSA) is 87.7 Å². The molecule has 0 heterocycles. The molecule has 0 aromatic heterocycles. The van der Waals surface area contributed by atoms with Crippen LogP contribution in [0.2, 0.25) is 0 Å². The summed E-state index contributed by atoms with van der Waals surface area (Å²) >= 11 is 0. The molecule has 0 bridgehead atoms. The largest absolute Gasteiger partial charge is 0.495 e. The van der Waals surface area contributed by atoms with Crippen LogP contribution in [-0.4, -0.2) is 36.1 Å². The third-order valence-corrected chi connectivity index (χ3v) is 2.45. The third-order valence-electron chi connectivity index (χ3n) is 2.45. The molecule has 0 fully saturated rings. The number of aliphatic hydroxyl groups excluding tert-OH is 2. The van der Waals surface area contributed by atoms with Crippen LogP contribution in [0.15, 0.2) is 12.1 Å². The molecule has 17 heavy (non-hydrogen) atoms. The fourth-order valence-corrected chi connectivity index (χ4v) is 1.30. The van der Waals surface area contributed by atoms with Gasteiger partial charge in [-0.25, -0.2) is 4.39 Å². The highest BCUT2D eigenvalue weighted by molar-refractivity contribution is 5.63. The molecular formula is C11H17FN2O3. The summed E-state index contributed by atoms with van der Waals surface area (Å²) in [6.45, 7) is 0.889. The normalized spacial score (nSPS) is 11.4. The van der Waals surface area contributed by atoms with Crippen molar-refractivity contribution in [3.8, 4) is 5.75 Å². The molecule has 5 nitrogen and oxygen atoms in total. The second kappa shape index (κ2) is 5.20. The van der Waals surface area contributed by atoms with Crippen LogP contribution in [0, 0.1) is 5.82 Å². The highest BCUT2D eigenvalue weighted by atomic mass is 19.1. The molecule has 0 aliphatic rings. The van der Waals surface area contributed by atoms with Crippen LogP contribution in [0.3, 0.4) is 0 Å². The zero-order valence-electron chi connectivity index (χ0n) is 9.83. The van der Waals surface area contributed by atoms with Crippen molar-refractivity contribution < 1.29 is 19.3 Å². The Balaban J connectivity index is 3.06. The lowest BCUT2D eigenvalue weighted by Gasteiger charge is -2.28. The minimum absolute atomic E-state index is 0.113. The van der Waals surface area contributed by atoms with Gasteiger partial charge in [-0.15, -0.1) is 0 Å². The molecule has 0 saturated carbocycles. The van der Waals surface area contributed by atoms with Gasteiger partial charge in [0.1, 0.15) is 11.6 Å². The first-order valence-corrected chi connectivity index (χ1v) is 5.08. The average Bonchev–Trinajstić information content (AvgIpc) is 2.32. The number of anilines is 2. The number of rotatable bonds is 5. The summed E-state index contributed by atoms with van der Waals surface area (Å²) in [5.74, 6) is -0.247. The SMILES string of the molecule is COc1cc(NC(C)(CO)CO)c(F)cc1N. The Hall–Kier alpha value is -1.53. The maximum atomic E-state index is 13.6. The quantitative estimate of drug-likeness (QED) is 0.569. The molecule has 6 heteroatoms. The molecule has 0 radical (unpaired) electrons. The van der Waals surface area contributed by atoms with Gasteiger partial charge in [-0.1, -0.05) is 0 Å². The Morgan fingerprint density at radius 3 is 2.47 bits per heavy atom. The van der Waals surface area contributed by atoms with Crippen molar-refractivity contribution in [3.63, 3.8) is 0 Å². The van der Waals surface area contributed by atoms with Gasteiger partial charge in [0.2, 0.25) is 0 Å². The van der Waals surface area contributed by atoms with E-state index in [9.17, 15) is 4.39 Å². The Morgan fingerprint density at radius 2 is 2.00 bits per heavy atom. The van der Waals surface area contributed by atoms with Crippen LogP contribution in [0.1, 0.15) is 6.92 Å². The monoisotopic (exact) mass is 244 g/mol. The van der Waals surface area contributed by atoms with Crippen LogP contribution >= 0.6 is 0 Å². The average molecular weight is 244 g/mol. The predicted molar refractivity (Wildman–Crippen MR) is 63.6 cm³/mol. The summed E-state index contributed by atoms with van der Waals surface area (Å²) in [7, 11) is 1.42. The number of aliphatic hydroxyl groups is 2. The van der Waals surface area contributed by atoms with Crippen LogP contribution in [0.25, 0.3) is 0 Å². The third kappa shape index (κ3) is 2.98. The molecule has 0 aliphatic carbocycles. The molecule has 5 N–H and O–H groups in total. The number of hydrogen-bond donors (Lipinski definition) is 4. The van der Waals surface area contributed by atoms with Crippen molar-refractivity contribution in [1.29, 1.82) is 0 Å². The fraction of sp³-hybridized carbons (Fsp3) is 0.455. The summed E-state index contributed by atoms with van der Waals surface area (Å²) < 4.78 is 18.6. The first-order chi connectivity index (χ1) is 7.95. The van der Waals surface area contributed by atoms with E-state index in [0.717, 1.165) is 6.07 Å². The van der Waals surface area contributed by atoms with E-state index in [4.69, 9.17) is 20.7 Å². The van der Waals surface area contributed by atoms with Crippen LogP contribution in [0.4, 0.5) is 15.8 Å². The van der Waals surface area contributed by atoms with E-state index in [0.29, 0.717) is 5.75 Å². The van der Waals surface area contributed by atoms with E-state index in [-0.39, 0.29) is 24.6 Å². The minimum Gasteiger partial charge on any atom is -0.495 e. The van der Waals surface area contributed by atoms with Gasteiger partial charge < -0.3 is 26.0 Å². The van der Waals surface area contributed by atoms with E-state index in [1.54, 1.807) is 6.92 Å². The second-order valence-corrected chi connectivity index (χ2v) is 4.08. The molecule has 1 rings (SSSR count). The highest BCUT2D eigenvalue weighted by Gasteiger charge is 2.23. The van der Waals surface area contributed by atoms with Crippen LogP contribution < -0.4 is 15.8 Å². The standard InChI is InChI=1S/C11H17FN2O3/c1-11(5-15,6-16)14-9-4-10(17-2)8(13)3-7(9)12/h3-4,14-16H,5-6,13H2,1-2H3. The molecule has 0 atom stereocenters. The number of nitrogens with two attached hydrogens (primary N) is 1. The van der Waals surface area contributed by atoms with E-state index in [2.05, 4.69) is 5.32 Å². The number of halogens is 1. The van der Waals surface area contributed by atoms with Gasteiger partial charge >= 0.3 is 0 Å². The fourth-order valence-electron chi connectivity index (χ4n) is 1.30. The van der Waals surface area contributed by atoms with Crippen molar-refractivity contribution >= 4 is 11.4 Å². The summed E-state index contributed by atoms with van der Waals surface area (Å²) in [5.41, 5.74) is 4.82. The molecule has 96 valence electrons. The predicted octanol–water partition coefficient (Wildman–Crippen LogP) is 0.572. The highest BCUT2D eigenvalue weighted by Crippen LogP contribution is 2.29. The van der Waals surface area contributed by atoms with Gasteiger partial charge in [0.25, 0.3) is 0 Å². The number of ether oxygens (including phenoxy) is 1. The molecule has 1 aromatic rings. The molecule has 0 amide bonds. The molecular weight excluding hydrogens is 227 g/mol. The summed E-state index contributed by atoms with van der Waals surface area (Å²) in [6, 6.07) is 2.50. The summed E-state index contributed by atoms with van der Waals surface area (Å²) in [5, 5.41) is 20.9. The molecule has 0 saturated heterocycles. The van der Waals surface area contributed by atoms with E-state index in [1.807, 2.05) is 0 Å². The maximum absolute atomic E-state index is 13.6. The van der Waals surface area contributed by atoms with Gasteiger partial charge in [0, 0.05) is 12.1 Å². The van der Waals surface area contributed by atoms with Crippen molar-refractivity contribution in [3.05, 3.63) is 17.9 Å². The van der Waals surface area contributed by atoms with E-state index < -0.39 is 11.4 Å². The smallest absolute Gasteiger partial charge is 0.148 e. The Bertz CT molecular complexity index is 395. The van der Waals surface area contributed by atoms with Crippen molar-refractivity contribution in [2.45, 2.75) is 12.5 Å². The molecule has 1 aromatic carbocycles. The lowest BCUT2D eigenvalue weighted by Crippen LogP contribution is -2.42. The number of hydrogen-bond acceptors (Lipinski definition) is 5. The Labute approximate surface area is 99.0 Å². The lowest BCUT2D eigenvalue weighted by atomic mass is 10.0. The second-order valence-electron chi connectivity index (χ2n) is 4.08. The van der Waals surface area contributed by atoms with Crippen molar-refractivity contribution in [2.24, 2.45) is 0 Å². The van der Waals surface area contributed by atoms with Gasteiger partial charge in [0.15, 0.2) is 0 Å². The number of nitrogens with one attached hydrogen (secondary N) is 1. The van der Waals surface area contributed by atoms with E-state index >= 15 is 0 Å². The first-order valence-electron chi connectivity index (χ1n) is 5.08. The minimum atomic E-state index is -1.01. The van der Waals surface area contributed by atoms with E-state index in [1.165, 1.54) is 13.2 Å². The number of methoxy groups -OCH3 is 1. The zero-order chi connectivity index (χ0) is 13.1. The molecule has 0 spiro atoms. The Kier molecular flexibility index (Phi) is 4.14. The van der Waals surface area contributed by atoms with Gasteiger partial charge in [-0.3, -0.25) is 0 Å². The number of nitrogen functional groups attached to an aromatic ring is 1. The first kappa shape index (κ1) is 13.5. The van der Waals surface area contributed by atoms with Crippen LogP contribution in [-0.2, 0) is 0 Å². The molecule has 0 unspecified atom stereocenters. The zero-order valence-corrected chi connectivity index (χ0v) is 9.83. The lowest BCUT2D eigenvalue weighted by molar-refractivity contribution is 0.147. The molecule has 0 aliphatic heterocycles. The van der Waals surface area contributed by atoms with Gasteiger partial charge in [-0.2, -0.15) is 0 Å². The van der Waals surface area contributed by atoms with Gasteiger partial charge in [-0.05, 0) is 6.92 Å². The van der Waals surface area contributed by atoms with Crippen molar-refractivity contribution in [2.75, 3.05) is 31.4 Å². The van der Waals surface area contributed by atoms with Gasteiger partial charge in [0.05, 0.1) is 37.2 Å². The summed E-state index contributed by atoms with van der Waals surface area (Å²) in [6.07, 6.45) is 0. The maximum Gasteiger partial charge on any atom is 0.148 e. The van der Waals surface area contributed by atoms with Crippen LogP contribution in [0.5, 0.6) is 5.75 Å². The summed E-state index contributed by atoms with van der Waals surface area (Å²) in [4.78, 5) is 0. The van der Waals surface area contributed by atoms with Crippen molar-refractivity contribution in [1.82, 2.24) is 0 Å². The number of benzene rings is 1. The Morgan fingerprint density at radius 1 is 1.41 bits per heavy atom.